The largest absolute Gasteiger partial charge is 0.494 e. The third-order valence-corrected chi connectivity index (χ3v) is 4.21. The van der Waals surface area contributed by atoms with Gasteiger partial charge in [0.1, 0.15) is 5.75 Å². The Morgan fingerprint density at radius 2 is 2.18 bits per heavy atom. The maximum absolute atomic E-state index is 10.9. The van der Waals surface area contributed by atoms with Gasteiger partial charge in [-0.25, -0.2) is 0 Å². The Bertz CT molecular complexity index is 507. The summed E-state index contributed by atoms with van der Waals surface area (Å²) in [4.78, 5) is 13.1. The quantitative estimate of drug-likeness (QED) is 0.820. The molecule has 2 rings (SSSR count). The van der Waals surface area contributed by atoms with Crippen LogP contribution < -0.4 is 4.74 Å². The van der Waals surface area contributed by atoms with E-state index in [1.165, 1.54) is 5.56 Å². The van der Waals surface area contributed by atoms with Crippen LogP contribution in [0.2, 0.25) is 0 Å². The van der Waals surface area contributed by atoms with Crippen molar-refractivity contribution in [2.24, 2.45) is 5.92 Å². The van der Waals surface area contributed by atoms with Gasteiger partial charge in [-0.1, -0.05) is 32.9 Å². The summed E-state index contributed by atoms with van der Waals surface area (Å²) in [5.74, 6) is 0.0550. The summed E-state index contributed by atoms with van der Waals surface area (Å²) in [5, 5.41) is 8.99. The number of rotatable bonds is 6. The van der Waals surface area contributed by atoms with E-state index in [0.29, 0.717) is 13.2 Å². The third-order valence-electron chi connectivity index (χ3n) is 4.21. The van der Waals surface area contributed by atoms with E-state index < -0.39 is 5.97 Å². The molecule has 0 amide bonds. The van der Waals surface area contributed by atoms with Gasteiger partial charge < -0.3 is 14.7 Å². The van der Waals surface area contributed by atoms with Crippen molar-refractivity contribution in [3.8, 4) is 5.75 Å². The molecule has 22 heavy (non-hydrogen) atoms. The monoisotopic (exact) mass is 305 g/mol. The highest BCUT2D eigenvalue weighted by atomic mass is 16.5. The molecule has 1 saturated heterocycles. The number of nitrogens with zero attached hydrogens (tertiary/aromatic N) is 1. The van der Waals surface area contributed by atoms with Gasteiger partial charge in [0.05, 0.1) is 12.5 Å². The Labute approximate surface area is 133 Å². The van der Waals surface area contributed by atoms with Gasteiger partial charge in [0.25, 0.3) is 0 Å². The van der Waals surface area contributed by atoms with Gasteiger partial charge in [-0.15, -0.1) is 0 Å². The molecule has 0 spiro atoms. The molecule has 1 aromatic rings. The van der Waals surface area contributed by atoms with E-state index >= 15 is 0 Å². The summed E-state index contributed by atoms with van der Waals surface area (Å²) in [5.41, 5.74) is 1.40. The zero-order valence-electron chi connectivity index (χ0n) is 13.8. The van der Waals surface area contributed by atoms with Gasteiger partial charge in [0, 0.05) is 13.1 Å². The molecule has 0 aliphatic carbocycles. The van der Waals surface area contributed by atoms with Gasteiger partial charge in [-0.2, -0.15) is 0 Å². The summed E-state index contributed by atoms with van der Waals surface area (Å²) in [6.07, 6.45) is 1.69. The molecular formula is C18H27NO3. The number of carboxylic acids is 1. The van der Waals surface area contributed by atoms with Crippen LogP contribution in [0.4, 0.5) is 0 Å². The minimum Gasteiger partial charge on any atom is -0.494 e. The zero-order valence-corrected chi connectivity index (χ0v) is 13.8. The van der Waals surface area contributed by atoms with Crippen LogP contribution in [0, 0.1) is 5.92 Å². The second-order valence-corrected chi connectivity index (χ2v) is 7.10. The molecule has 0 radical (unpaired) electrons. The molecular weight excluding hydrogens is 278 g/mol. The molecule has 1 aliphatic heterocycles. The van der Waals surface area contributed by atoms with Crippen molar-refractivity contribution in [1.29, 1.82) is 0 Å². The van der Waals surface area contributed by atoms with Crippen LogP contribution in [0.3, 0.4) is 0 Å². The lowest BCUT2D eigenvalue weighted by atomic mass is 9.87. The first kappa shape index (κ1) is 16.8. The fourth-order valence-electron chi connectivity index (χ4n) is 2.77. The Hall–Kier alpha value is -1.55. The van der Waals surface area contributed by atoms with E-state index in [-0.39, 0.29) is 11.3 Å². The maximum atomic E-state index is 10.9. The second-order valence-electron chi connectivity index (χ2n) is 7.10. The minimum atomic E-state index is -0.669. The summed E-state index contributed by atoms with van der Waals surface area (Å²) in [7, 11) is 0. The number of carboxylic acid groups (broad SMARTS) is 1. The van der Waals surface area contributed by atoms with E-state index in [1.807, 2.05) is 12.1 Å². The number of benzene rings is 1. The van der Waals surface area contributed by atoms with Gasteiger partial charge in [-0.05, 0) is 42.5 Å². The number of hydrogen-bond donors (Lipinski definition) is 1. The number of hydrogen-bond acceptors (Lipinski definition) is 3. The smallest absolute Gasteiger partial charge is 0.307 e. The maximum Gasteiger partial charge on any atom is 0.307 e. The van der Waals surface area contributed by atoms with Crippen molar-refractivity contribution >= 4 is 5.97 Å². The van der Waals surface area contributed by atoms with Crippen LogP contribution in [-0.2, 0) is 10.2 Å². The van der Waals surface area contributed by atoms with Crippen molar-refractivity contribution in [1.82, 2.24) is 4.90 Å². The topological polar surface area (TPSA) is 49.8 Å². The SMILES string of the molecule is CC(C)(C)c1cccc(OCCCN2CCC(C(=O)O)C2)c1. The van der Waals surface area contributed by atoms with Crippen LogP contribution >= 0.6 is 0 Å². The van der Waals surface area contributed by atoms with Crippen molar-refractivity contribution in [2.45, 2.75) is 39.0 Å². The second kappa shape index (κ2) is 7.14. The van der Waals surface area contributed by atoms with Crippen molar-refractivity contribution < 1.29 is 14.6 Å². The molecule has 0 bridgehead atoms. The first-order chi connectivity index (χ1) is 10.4. The summed E-state index contributed by atoms with van der Waals surface area (Å²) in [6, 6.07) is 8.26. The molecule has 0 saturated carbocycles. The van der Waals surface area contributed by atoms with E-state index in [0.717, 1.165) is 31.7 Å². The molecule has 1 heterocycles. The fourth-order valence-corrected chi connectivity index (χ4v) is 2.77. The lowest BCUT2D eigenvalue weighted by molar-refractivity contribution is -0.141. The van der Waals surface area contributed by atoms with E-state index in [9.17, 15) is 4.79 Å². The molecule has 0 aromatic heterocycles. The summed E-state index contributed by atoms with van der Waals surface area (Å²) in [6.45, 7) is 9.71. The Balaban J connectivity index is 1.72. The van der Waals surface area contributed by atoms with Gasteiger partial charge in [0.2, 0.25) is 0 Å². The number of likely N-dealkylation sites (tertiary alicyclic amines) is 1. The van der Waals surface area contributed by atoms with E-state index in [4.69, 9.17) is 9.84 Å². The lowest BCUT2D eigenvalue weighted by Crippen LogP contribution is -2.25. The normalized spacial score (nSPS) is 19.3. The molecule has 1 atom stereocenters. The minimum absolute atomic E-state index is 0.126. The van der Waals surface area contributed by atoms with Crippen molar-refractivity contribution in [3.63, 3.8) is 0 Å². The number of carbonyl (C=O) groups is 1. The van der Waals surface area contributed by atoms with Crippen LogP contribution in [-0.4, -0.2) is 42.2 Å². The van der Waals surface area contributed by atoms with Gasteiger partial charge in [0.15, 0.2) is 0 Å². The van der Waals surface area contributed by atoms with E-state index in [1.54, 1.807) is 0 Å². The first-order valence-electron chi connectivity index (χ1n) is 8.05. The predicted molar refractivity (Wildman–Crippen MR) is 87.4 cm³/mol. The lowest BCUT2D eigenvalue weighted by Gasteiger charge is -2.20. The van der Waals surface area contributed by atoms with Crippen LogP contribution in [0.15, 0.2) is 24.3 Å². The Morgan fingerprint density at radius 1 is 1.41 bits per heavy atom. The summed E-state index contributed by atoms with van der Waals surface area (Å²) < 4.78 is 5.83. The molecule has 1 unspecified atom stereocenters. The highest BCUT2D eigenvalue weighted by molar-refractivity contribution is 5.70. The zero-order chi connectivity index (χ0) is 16.2. The van der Waals surface area contributed by atoms with Crippen LogP contribution in [0.5, 0.6) is 5.75 Å². The highest BCUT2D eigenvalue weighted by Gasteiger charge is 2.27. The molecule has 122 valence electrons. The molecule has 4 nitrogen and oxygen atoms in total. The Kier molecular flexibility index (Phi) is 5.46. The Morgan fingerprint density at radius 3 is 2.82 bits per heavy atom. The van der Waals surface area contributed by atoms with Crippen molar-refractivity contribution in [2.75, 3.05) is 26.2 Å². The predicted octanol–water partition coefficient (Wildman–Crippen LogP) is 3.16. The third kappa shape index (κ3) is 4.73. The fraction of sp³-hybridized carbons (Fsp3) is 0.611. The average Bonchev–Trinajstić information content (AvgIpc) is 2.92. The molecule has 4 heteroatoms. The van der Waals surface area contributed by atoms with Gasteiger partial charge >= 0.3 is 5.97 Å². The average molecular weight is 305 g/mol. The number of aliphatic carboxylic acids is 1. The van der Waals surface area contributed by atoms with Gasteiger partial charge in [-0.3, -0.25) is 4.79 Å². The summed E-state index contributed by atoms with van der Waals surface area (Å²) >= 11 is 0. The molecule has 1 aromatic carbocycles. The molecule has 1 N–H and O–H groups in total. The highest BCUT2D eigenvalue weighted by Crippen LogP contribution is 2.25. The van der Waals surface area contributed by atoms with E-state index in [2.05, 4.69) is 37.8 Å². The molecule has 1 fully saturated rings. The standard InChI is InChI=1S/C18H27NO3/c1-18(2,3)15-6-4-7-16(12-15)22-11-5-9-19-10-8-14(13-19)17(20)21/h4,6-7,12,14H,5,8-11,13H2,1-3H3,(H,20,21). The van der Waals surface area contributed by atoms with Crippen molar-refractivity contribution in [3.05, 3.63) is 29.8 Å². The number of ether oxygens (including phenoxy) is 1. The van der Waals surface area contributed by atoms with Crippen LogP contribution in [0.25, 0.3) is 0 Å². The molecule has 1 aliphatic rings. The van der Waals surface area contributed by atoms with Crippen LogP contribution in [0.1, 0.15) is 39.2 Å². The first-order valence-corrected chi connectivity index (χ1v) is 8.05.